The Morgan fingerprint density at radius 2 is 1.92 bits per heavy atom. The SMILES string of the molecule is C[C@]12C=CC(=O)C=C1CC[C@@H]1[C@H]2[C@@H](O)C[C@@]2(C)[C@H]1CC[C@]2(O)C(=O)COC(=O)CCC(=O)N[C@H](Cc1c[nH]c2ccc(O)cc12)C(=O)O. The van der Waals surface area contributed by atoms with Crippen LogP contribution in [0.25, 0.3) is 10.9 Å². The lowest BCUT2D eigenvalue weighted by atomic mass is 9.46. The van der Waals surface area contributed by atoms with E-state index >= 15 is 0 Å². The molecule has 1 aromatic heterocycles. The van der Waals surface area contributed by atoms with Crippen molar-refractivity contribution in [3.8, 4) is 5.75 Å². The van der Waals surface area contributed by atoms with Crippen molar-refractivity contribution < 1.29 is 49.1 Å². The number of amides is 1. The fourth-order valence-electron chi connectivity index (χ4n) is 9.36. The number of Topliss-reactive ketones (excluding diaryl/α,β-unsaturated/α-hetero) is 1. The number of phenolic OH excluding ortho intramolecular Hbond substituents is 1. The molecule has 3 saturated carbocycles. The number of rotatable bonds is 10. The van der Waals surface area contributed by atoms with Gasteiger partial charge < -0.3 is 35.5 Å². The van der Waals surface area contributed by atoms with Crippen molar-refractivity contribution in [3.05, 3.63) is 53.8 Å². The molecule has 1 amide bonds. The van der Waals surface area contributed by atoms with Crippen LogP contribution in [0, 0.1) is 28.6 Å². The second kappa shape index (κ2) is 12.3. The fourth-order valence-corrected chi connectivity index (χ4v) is 9.36. The third-order valence-electron chi connectivity index (χ3n) is 11.8. The van der Waals surface area contributed by atoms with Gasteiger partial charge in [0, 0.05) is 46.7 Å². The highest BCUT2D eigenvalue weighted by Gasteiger charge is 2.68. The number of phenols is 1. The van der Waals surface area contributed by atoms with Gasteiger partial charge in [-0.15, -0.1) is 0 Å². The molecule has 8 atom stereocenters. The first kappa shape index (κ1) is 33.6. The number of aromatic hydroxyl groups is 1. The number of aromatic nitrogens is 1. The molecule has 0 saturated heterocycles. The number of benzene rings is 1. The van der Waals surface area contributed by atoms with E-state index in [1.807, 2.05) is 13.0 Å². The van der Waals surface area contributed by atoms with Crippen molar-refractivity contribution in [2.24, 2.45) is 28.6 Å². The molecule has 0 spiro atoms. The number of aliphatic hydroxyl groups excluding tert-OH is 1. The van der Waals surface area contributed by atoms with Crippen LogP contribution in [0.3, 0.4) is 0 Å². The van der Waals surface area contributed by atoms with Gasteiger partial charge >= 0.3 is 11.9 Å². The molecule has 1 aromatic carbocycles. The van der Waals surface area contributed by atoms with Crippen molar-refractivity contribution in [1.29, 1.82) is 0 Å². The zero-order chi connectivity index (χ0) is 34.6. The van der Waals surface area contributed by atoms with E-state index in [1.54, 1.807) is 24.4 Å². The summed E-state index contributed by atoms with van der Waals surface area (Å²) in [4.78, 5) is 65.6. The largest absolute Gasteiger partial charge is 0.508 e. The first-order chi connectivity index (χ1) is 22.7. The smallest absolute Gasteiger partial charge is 0.326 e. The van der Waals surface area contributed by atoms with Crippen LogP contribution >= 0.6 is 0 Å². The third-order valence-corrected chi connectivity index (χ3v) is 11.8. The van der Waals surface area contributed by atoms with Crippen LogP contribution in [-0.2, 0) is 35.1 Å². The average molecular weight is 663 g/mol. The van der Waals surface area contributed by atoms with Gasteiger partial charge in [0.05, 0.1) is 12.5 Å². The van der Waals surface area contributed by atoms with Crippen molar-refractivity contribution in [3.63, 3.8) is 0 Å². The molecule has 6 N–H and O–H groups in total. The number of fused-ring (bicyclic) bond motifs is 6. The minimum atomic E-state index is -1.81. The number of carboxylic acids is 1. The highest BCUT2D eigenvalue weighted by atomic mass is 16.5. The Morgan fingerprint density at radius 3 is 2.67 bits per heavy atom. The molecule has 1 heterocycles. The van der Waals surface area contributed by atoms with E-state index in [0.29, 0.717) is 29.3 Å². The highest BCUT2D eigenvalue weighted by molar-refractivity contribution is 6.01. The summed E-state index contributed by atoms with van der Waals surface area (Å²) in [6, 6.07) is 3.35. The minimum Gasteiger partial charge on any atom is -0.508 e. The summed E-state index contributed by atoms with van der Waals surface area (Å²) in [6.07, 6.45) is 7.43. The number of hydrogen-bond acceptors (Lipinski definition) is 9. The standard InChI is InChI=1S/C36H42N2O10/c1-34-11-9-22(40)14-20(34)3-5-23-25-10-12-36(47,35(25,2)16-28(41)32(23)34)29(42)18-48-31(44)8-7-30(43)38-27(33(45)46)13-19-17-37-26-6-4-21(39)15-24(19)26/h4,6,9,11,14-15,17,23,25,27-28,32,37,39,41,47H,3,5,7-8,10,12-13,16,18H2,1-2H3,(H,38,43)(H,45,46)/t23-,25-,27+,28-,32-,34-,35-,36-/m0/s1. The van der Waals surface area contributed by atoms with Gasteiger partial charge in [-0.05, 0) is 79.9 Å². The van der Waals surface area contributed by atoms with Crippen molar-refractivity contribution in [2.75, 3.05) is 6.61 Å². The molecule has 0 radical (unpaired) electrons. The first-order valence-electron chi connectivity index (χ1n) is 16.5. The van der Waals surface area contributed by atoms with E-state index in [4.69, 9.17) is 4.74 Å². The predicted molar refractivity (Wildman–Crippen MR) is 171 cm³/mol. The van der Waals surface area contributed by atoms with Gasteiger partial charge in [0.15, 0.2) is 12.4 Å². The molecule has 0 bridgehead atoms. The van der Waals surface area contributed by atoms with Gasteiger partial charge in [0.2, 0.25) is 11.7 Å². The Bertz CT molecular complexity index is 1740. The fraction of sp³-hybridized carbons (Fsp3) is 0.528. The summed E-state index contributed by atoms with van der Waals surface area (Å²) >= 11 is 0. The molecule has 2 aromatic rings. The lowest BCUT2D eigenvalue weighted by Crippen LogP contribution is -2.61. The maximum atomic E-state index is 13.5. The van der Waals surface area contributed by atoms with E-state index in [0.717, 1.165) is 12.0 Å². The van der Waals surface area contributed by atoms with Crippen LogP contribution in [0.5, 0.6) is 5.75 Å². The van der Waals surface area contributed by atoms with E-state index in [9.17, 15) is 44.4 Å². The van der Waals surface area contributed by atoms with E-state index in [1.165, 1.54) is 12.1 Å². The summed E-state index contributed by atoms with van der Waals surface area (Å²) in [5.74, 6) is -3.69. The Kier molecular flexibility index (Phi) is 8.61. The topological polar surface area (TPSA) is 203 Å². The normalized spacial score (nSPS) is 32.8. The Labute approximate surface area is 277 Å². The van der Waals surface area contributed by atoms with E-state index < -0.39 is 65.2 Å². The second-order valence-corrected chi connectivity index (χ2v) is 14.4. The number of aliphatic carboxylic acids is 1. The quantitative estimate of drug-likeness (QED) is 0.205. The number of carbonyl (C=O) groups is 5. The molecule has 3 fully saturated rings. The molecule has 6 rings (SSSR count). The second-order valence-electron chi connectivity index (χ2n) is 14.4. The van der Waals surface area contributed by atoms with Gasteiger partial charge in [-0.1, -0.05) is 25.5 Å². The first-order valence-corrected chi connectivity index (χ1v) is 16.5. The summed E-state index contributed by atoms with van der Waals surface area (Å²) in [5, 5.41) is 45.9. The predicted octanol–water partition coefficient (Wildman–Crippen LogP) is 2.89. The molecular formula is C36H42N2O10. The number of hydrogen-bond donors (Lipinski definition) is 6. The van der Waals surface area contributed by atoms with Crippen LogP contribution in [-0.4, -0.2) is 79.2 Å². The van der Waals surface area contributed by atoms with E-state index in [2.05, 4.69) is 17.2 Å². The summed E-state index contributed by atoms with van der Waals surface area (Å²) in [5.41, 5.74) is -0.952. The van der Waals surface area contributed by atoms with Crippen LogP contribution in [0.15, 0.2) is 48.2 Å². The maximum absolute atomic E-state index is 13.5. The van der Waals surface area contributed by atoms with Crippen molar-refractivity contribution in [2.45, 2.75) is 83.0 Å². The Hall–Kier alpha value is -4.29. The molecule has 0 aliphatic heterocycles. The van der Waals surface area contributed by atoms with Crippen molar-refractivity contribution in [1.82, 2.24) is 10.3 Å². The number of ketones is 2. The molecule has 4 aliphatic carbocycles. The number of nitrogens with one attached hydrogen (secondary N) is 2. The Balaban J connectivity index is 1.03. The number of H-pyrrole nitrogens is 1. The third kappa shape index (κ3) is 5.64. The summed E-state index contributed by atoms with van der Waals surface area (Å²) in [7, 11) is 0. The summed E-state index contributed by atoms with van der Waals surface area (Å²) < 4.78 is 5.20. The zero-order valence-electron chi connectivity index (χ0n) is 27.0. The van der Waals surface area contributed by atoms with Gasteiger partial charge in [-0.3, -0.25) is 19.2 Å². The number of aliphatic hydroxyl groups is 2. The van der Waals surface area contributed by atoms with Crippen LogP contribution in [0.2, 0.25) is 0 Å². The van der Waals surface area contributed by atoms with Gasteiger partial charge in [-0.25, -0.2) is 4.79 Å². The van der Waals surface area contributed by atoms with Gasteiger partial charge in [0.1, 0.15) is 17.4 Å². The lowest BCUT2D eigenvalue weighted by Gasteiger charge is -2.59. The number of allylic oxidation sites excluding steroid dienone is 4. The molecule has 4 aliphatic rings. The number of carbonyl (C=O) groups excluding carboxylic acids is 4. The van der Waals surface area contributed by atoms with Crippen molar-refractivity contribution >= 4 is 40.3 Å². The molecular weight excluding hydrogens is 620 g/mol. The molecule has 256 valence electrons. The maximum Gasteiger partial charge on any atom is 0.326 e. The van der Waals surface area contributed by atoms with Crippen LogP contribution in [0.4, 0.5) is 0 Å². The van der Waals surface area contributed by atoms with Gasteiger partial charge in [-0.2, -0.15) is 0 Å². The zero-order valence-corrected chi connectivity index (χ0v) is 27.0. The number of ether oxygens (including phenoxy) is 1. The van der Waals surface area contributed by atoms with Crippen LogP contribution < -0.4 is 5.32 Å². The van der Waals surface area contributed by atoms with Crippen LogP contribution in [0.1, 0.15) is 64.4 Å². The minimum absolute atomic E-state index is 0.0153. The monoisotopic (exact) mass is 662 g/mol. The molecule has 0 unspecified atom stereocenters. The van der Waals surface area contributed by atoms with E-state index in [-0.39, 0.29) is 55.0 Å². The summed E-state index contributed by atoms with van der Waals surface area (Å²) in [6.45, 7) is 3.19. The number of esters is 1. The van der Waals surface area contributed by atoms with Gasteiger partial charge in [0.25, 0.3) is 0 Å². The average Bonchev–Trinajstić information content (AvgIpc) is 3.55. The number of carboxylic acid groups (broad SMARTS) is 1. The Morgan fingerprint density at radius 1 is 1.15 bits per heavy atom. The molecule has 12 nitrogen and oxygen atoms in total. The molecule has 12 heteroatoms. The lowest BCUT2D eigenvalue weighted by molar-refractivity contribution is -0.181. The molecule has 48 heavy (non-hydrogen) atoms. The highest BCUT2D eigenvalue weighted by Crippen LogP contribution is 2.67. The number of aromatic amines is 1.